The van der Waals surface area contributed by atoms with Crippen molar-refractivity contribution in [2.24, 2.45) is 0 Å². The van der Waals surface area contributed by atoms with Gasteiger partial charge in [-0.2, -0.15) is 0 Å². The molecule has 9 heteroatoms. The van der Waals surface area contributed by atoms with Gasteiger partial charge in [0.25, 0.3) is 11.5 Å². The summed E-state index contributed by atoms with van der Waals surface area (Å²) in [6.07, 6.45) is 4.96. The Labute approximate surface area is 190 Å². The van der Waals surface area contributed by atoms with Crippen LogP contribution in [-0.4, -0.2) is 56.4 Å². The maximum Gasteiger partial charge on any atom is 0.267 e. The van der Waals surface area contributed by atoms with Gasteiger partial charge in [0.1, 0.15) is 15.8 Å². The lowest BCUT2D eigenvalue weighted by atomic mass is 10.1. The smallest absolute Gasteiger partial charge is 0.267 e. The number of thiocarbonyl (C=S) groups is 1. The van der Waals surface area contributed by atoms with Crippen LogP contribution in [0.2, 0.25) is 0 Å². The Kier molecular flexibility index (Phi) is 6.00. The number of ether oxygens (including phenoxy) is 1. The van der Waals surface area contributed by atoms with Gasteiger partial charge in [-0.05, 0) is 38.5 Å². The predicted octanol–water partition coefficient (Wildman–Crippen LogP) is 3.00. The van der Waals surface area contributed by atoms with Gasteiger partial charge in [-0.15, -0.1) is 6.58 Å². The molecule has 0 radical (unpaired) electrons. The number of morpholine rings is 1. The van der Waals surface area contributed by atoms with E-state index >= 15 is 0 Å². The molecule has 1 amide bonds. The van der Waals surface area contributed by atoms with Gasteiger partial charge in [0.15, 0.2) is 0 Å². The number of anilines is 1. The Balaban J connectivity index is 1.90. The lowest BCUT2D eigenvalue weighted by molar-refractivity contribution is -0.121. The van der Waals surface area contributed by atoms with Crippen molar-refractivity contribution >= 4 is 51.7 Å². The predicted molar refractivity (Wildman–Crippen MR) is 128 cm³/mol. The van der Waals surface area contributed by atoms with E-state index in [1.165, 1.54) is 21.1 Å². The van der Waals surface area contributed by atoms with Crippen LogP contribution in [0.15, 0.2) is 40.7 Å². The highest BCUT2D eigenvalue weighted by atomic mass is 32.2. The minimum absolute atomic E-state index is 0.000441. The molecule has 4 heterocycles. The Bertz CT molecular complexity index is 1160. The van der Waals surface area contributed by atoms with Gasteiger partial charge < -0.3 is 9.64 Å². The Hall–Kier alpha value is -2.49. The van der Waals surface area contributed by atoms with E-state index in [0.29, 0.717) is 45.9 Å². The minimum Gasteiger partial charge on any atom is -0.372 e. The van der Waals surface area contributed by atoms with Gasteiger partial charge in [0, 0.05) is 25.8 Å². The van der Waals surface area contributed by atoms with Crippen LogP contribution >= 0.6 is 24.0 Å². The molecule has 0 N–H and O–H groups in total. The van der Waals surface area contributed by atoms with Crippen LogP contribution in [0.25, 0.3) is 11.7 Å². The van der Waals surface area contributed by atoms with Crippen LogP contribution in [0.5, 0.6) is 0 Å². The molecule has 0 bridgehead atoms. The van der Waals surface area contributed by atoms with Crippen LogP contribution in [0, 0.1) is 6.92 Å². The fourth-order valence-corrected chi connectivity index (χ4v) is 5.19. The molecule has 2 fully saturated rings. The van der Waals surface area contributed by atoms with E-state index < -0.39 is 0 Å². The zero-order chi connectivity index (χ0) is 22.3. The summed E-state index contributed by atoms with van der Waals surface area (Å²) in [5, 5.41) is 0. The number of hydrogen-bond donors (Lipinski definition) is 0. The van der Waals surface area contributed by atoms with E-state index in [9.17, 15) is 9.59 Å². The Morgan fingerprint density at radius 1 is 1.32 bits per heavy atom. The summed E-state index contributed by atoms with van der Waals surface area (Å²) in [6.45, 7) is 11.2. The lowest BCUT2D eigenvalue weighted by Crippen LogP contribution is -2.46. The van der Waals surface area contributed by atoms with Crippen molar-refractivity contribution in [3.8, 4) is 0 Å². The number of amides is 1. The van der Waals surface area contributed by atoms with Gasteiger partial charge >= 0.3 is 0 Å². The van der Waals surface area contributed by atoms with Gasteiger partial charge in [-0.1, -0.05) is 36.1 Å². The first-order valence-corrected chi connectivity index (χ1v) is 11.3. The summed E-state index contributed by atoms with van der Waals surface area (Å²) in [6, 6.07) is 3.74. The Morgan fingerprint density at radius 2 is 2.03 bits per heavy atom. The van der Waals surface area contributed by atoms with E-state index in [2.05, 4.69) is 11.5 Å². The van der Waals surface area contributed by atoms with Crippen LogP contribution in [0.1, 0.15) is 25.0 Å². The number of pyridine rings is 1. The summed E-state index contributed by atoms with van der Waals surface area (Å²) in [5.74, 6) is 0.341. The molecule has 2 aromatic heterocycles. The topological polar surface area (TPSA) is 67.2 Å². The van der Waals surface area contributed by atoms with E-state index in [4.69, 9.17) is 21.9 Å². The first-order valence-electron chi connectivity index (χ1n) is 10.1. The lowest BCUT2D eigenvalue weighted by Gasteiger charge is -2.36. The molecule has 2 atom stereocenters. The van der Waals surface area contributed by atoms with Crippen molar-refractivity contribution in [2.45, 2.75) is 33.0 Å². The molecule has 0 spiro atoms. The summed E-state index contributed by atoms with van der Waals surface area (Å²) >= 11 is 6.54. The molecule has 2 saturated heterocycles. The molecule has 0 unspecified atom stereocenters. The van der Waals surface area contributed by atoms with Crippen molar-refractivity contribution in [1.82, 2.24) is 14.3 Å². The second-order valence-electron chi connectivity index (χ2n) is 7.78. The van der Waals surface area contributed by atoms with Crippen molar-refractivity contribution in [2.75, 3.05) is 24.5 Å². The van der Waals surface area contributed by atoms with E-state index in [1.54, 1.807) is 18.3 Å². The molecule has 0 aromatic carbocycles. The number of aryl methyl sites for hydroxylation is 1. The average Bonchev–Trinajstić information content (AvgIpc) is 2.97. The fraction of sp³-hybridized carbons (Fsp3) is 0.364. The summed E-state index contributed by atoms with van der Waals surface area (Å²) in [5.41, 5.74) is 1.66. The Morgan fingerprint density at radius 3 is 2.71 bits per heavy atom. The average molecular weight is 457 g/mol. The molecule has 2 aromatic rings. The highest BCUT2D eigenvalue weighted by molar-refractivity contribution is 8.26. The number of rotatable bonds is 4. The fourth-order valence-electron chi connectivity index (χ4n) is 3.94. The maximum absolute atomic E-state index is 13.5. The number of hydrogen-bond acceptors (Lipinski definition) is 7. The quantitative estimate of drug-likeness (QED) is 0.398. The van der Waals surface area contributed by atoms with Gasteiger partial charge in [0.2, 0.25) is 0 Å². The molecule has 0 aliphatic carbocycles. The molecule has 4 rings (SSSR count). The van der Waals surface area contributed by atoms with Crippen LogP contribution in [0.4, 0.5) is 5.82 Å². The highest BCUT2D eigenvalue weighted by Gasteiger charge is 2.33. The van der Waals surface area contributed by atoms with Gasteiger partial charge in [-0.25, -0.2) is 4.98 Å². The largest absolute Gasteiger partial charge is 0.372 e. The number of carbonyl (C=O) groups excluding carboxylic acids is 1. The van der Waals surface area contributed by atoms with Crippen molar-refractivity contribution in [1.29, 1.82) is 0 Å². The number of aromatic nitrogens is 2. The normalized spacial score (nSPS) is 23.3. The third kappa shape index (κ3) is 4.05. The summed E-state index contributed by atoms with van der Waals surface area (Å²) in [4.78, 5) is 35.2. The zero-order valence-electron chi connectivity index (χ0n) is 17.7. The van der Waals surface area contributed by atoms with Crippen LogP contribution < -0.4 is 10.5 Å². The molecule has 2 aliphatic heterocycles. The first-order chi connectivity index (χ1) is 14.8. The number of carbonyl (C=O) groups is 1. The number of fused-ring (bicyclic) bond motifs is 1. The molecule has 7 nitrogen and oxygen atoms in total. The summed E-state index contributed by atoms with van der Waals surface area (Å²) < 4.78 is 7.85. The van der Waals surface area contributed by atoms with E-state index in [-0.39, 0.29) is 23.7 Å². The molecule has 162 valence electrons. The van der Waals surface area contributed by atoms with Gasteiger partial charge in [0.05, 0.1) is 22.7 Å². The second kappa shape index (κ2) is 8.57. The van der Waals surface area contributed by atoms with Gasteiger partial charge in [-0.3, -0.25) is 18.9 Å². The third-order valence-corrected chi connectivity index (χ3v) is 6.62. The molecule has 31 heavy (non-hydrogen) atoms. The second-order valence-corrected chi connectivity index (χ2v) is 9.46. The van der Waals surface area contributed by atoms with Crippen molar-refractivity contribution < 1.29 is 9.53 Å². The van der Waals surface area contributed by atoms with Crippen LogP contribution in [-0.2, 0) is 9.53 Å². The van der Waals surface area contributed by atoms with E-state index in [0.717, 1.165) is 5.56 Å². The first kappa shape index (κ1) is 21.7. The van der Waals surface area contributed by atoms with Crippen molar-refractivity contribution in [3.63, 3.8) is 0 Å². The third-order valence-electron chi connectivity index (χ3n) is 5.24. The molecular weight excluding hydrogens is 432 g/mol. The monoisotopic (exact) mass is 456 g/mol. The number of thioether (sulfide) groups is 1. The van der Waals surface area contributed by atoms with Crippen molar-refractivity contribution in [3.05, 3.63) is 57.4 Å². The zero-order valence-corrected chi connectivity index (χ0v) is 19.3. The molecule has 0 saturated carbocycles. The molecule has 2 aliphatic rings. The van der Waals surface area contributed by atoms with E-state index in [1.807, 2.05) is 32.9 Å². The molecular formula is C22H24N4O3S2. The summed E-state index contributed by atoms with van der Waals surface area (Å²) in [7, 11) is 0. The maximum atomic E-state index is 13.5. The standard InChI is InChI=1S/C22H24N4O3S2/c1-5-8-26-21(28)17(31-22(26)30)10-16-19(24-11-14(3)29-15(4)12-24)23-18-13(2)7-6-9-25(18)20(16)27/h5-7,9-10,14-15H,1,8,11-12H2,2-4H3/b17-10-/t14-,15+. The van der Waals surface area contributed by atoms with Crippen LogP contribution in [0.3, 0.4) is 0 Å². The minimum atomic E-state index is -0.224. The highest BCUT2D eigenvalue weighted by Crippen LogP contribution is 2.34. The SMILES string of the molecule is C=CCN1C(=O)/C(=C/c2c(N3C[C@@H](C)O[C@@H](C)C3)nc3c(C)cccn3c2=O)SC1=S. The number of nitrogens with zero attached hydrogens (tertiary/aromatic N) is 4.